The zero-order valence-electron chi connectivity index (χ0n) is 80.9. The summed E-state index contributed by atoms with van der Waals surface area (Å²) in [6.07, 6.45) is 21.8. The lowest BCUT2D eigenvalue weighted by Gasteiger charge is -2.62. The molecule has 2 heterocycles. The van der Waals surface area contributed by atoms with Crippen LogP contribution in [0.1, 0.15) is 400 Å². The lowest BCUT2D eigenvalue weighted by atomic mass is 9.47. The van der Waals surface area contributed by atoms with Crippen LogP contribution in [0.15, 0.2) is 135 Å². The van der Waals surface area contributed by atoms with Gasteiger partial charge in [-0.25, -0.2) is 22.7 Å². The summed E-state index contributed by atoms with van der Waals surface area (Å²) in [4.78, 5) is 98.3. The van der Waals surface area contributed by atoms with Gasteiger partial charge >= 0.3 is 53.7 Å². The largest absolute Gasteiger partial charge is 0.465 e. The van der Waals surface area contributed by atoms with Crippen molar-refractivity contribution in [2.75, 3.05) is 20.3 Å². The minimum Gasteiger partial charge on any atom is -0.465 e. The van der Waals surface area contributed by atoms with E-state index in [1.165, 1.54) is 71.8 Å². The molecule has 11 saturated carbocycles. The predicted octanol–water partition coefficient (Wildman–Crippen LogP) is 28.6. The molecule has 2 aliphatic heterocycles. The van der Waals surface area contributed by atoms with Crippen LogP contribution in [0.3, 0.4) is 0 Å². The summed E-state index contributed by atoms with van der Waals surface area (Å²) in [5.74, 6) is -2.15. The van der Waals surface area contributed by atoms with Crippen LogP contribution in [-0.2, 0) is 97.2 Å². The molecule has 0 amide bonds. The normalized spacial score (nSPS) is 25.9. The molecule has 141 heavy (non-hydrogen) atoms. The highest BCUT2D eigenvalue weighted by Gasteiger charge is 2.67. The molecule has 814 valence electrons. The Morgan fingerprint density at radius 2 is 0.901 bits per heavy atom. The van der Waals surface area contributed by atoms with Gasteiger partial charge in [-0.3, -0.25) is 28.8 Å². The first-order chi connectivity index (χ1) is 60.3. The second-order valence-corrected chi connectivity index (χ2v) is 46.1. The topological polar surface area (TPSA) is 297 Å². The molecule has 2 saturated heterocycles. The fourth-order valence-corrected chi connectivity index (χ4v) is 23.9. The molecule has 4 aromatic rings. The summed E-state index contributed by atoms with van der Waals surface area (Å²) < 4.78 is 94.9. The number of hydrogen-bond donors (Lipinski definition) is 3. The quantitative estimate of drug-likeness (QED) is 0.0284. The van der Waals surface area contributed by atoms with Crippen molar-refractivity contribution in [1.82, 2.24) is 4.72 Å². The van der Waals surface area contributed by atoms with Crippen molar-refractivity contribution in [2.45, 2.75) is 466 Å². The molecule has 10 bridgehead atoms. The Hall–Kier alpha value is -7.32. The Kier molecular flexibility index (Phi) is 56.7. The first kappa shape index (κ1) is 140. The van der Waals surface area contributed by atoms with E-state index in [9.17, 15) is 65.8 Å². The van der Waals surface area contributed by atoms with Gasteiger partial charge in [-0.15, -0.1) is 0 Å². The number of sulfonamides is 1. The van der Waals surface area contributed by atoms with Crippen molar-refractivity contribution in [3.05, 3.63) is 121 Å². The van der Waals surface area contributed by atoms with Gasteiger partial charge in [0.2, 0.25) is 16.1 Å². The van der Waals surface area contributed by atoms with E-state index in [2.05, 4.69) is 123 Å². The van der Waals surface area contributed by atoms with Crippen molar-refractivity contribution in [1.29, 1.82) is 0 Å². The van der Waals surface area contributed by atoms with Gasteiger partial charge in [0.25, 0.3) is 0 Å². The van der Waals surface area contributed by atoms with Gasteiger partial charge in [0.15, 0.2) is 14.7 Å². The number of benzene rings is 4. The smallest absolute Gasteiger partial charge is 0.378 e. The van der Waals surface area contributed by atoms with Gasteiger partial charge in [0.1, 0.15) is 29.0 Å². The van der Waals surface area contributed by atoms with Crippen LogP contribution in [0.5, 0.6) is 0 Å². The molecule has 4 aromatic carbocycles. The third kappa shape index (κ3) is 33.9. The molecule has 21 nitrogen and oxygen atoms in total. The minimum atomic E-state index is -4.12. The second kappa shape index (κ2) is 57.1. The summed E-state index contributed by atoms with van der Waals surface area (Å²) in [5, 5.41) is 21.3. The number of fused-ring (bicyclic) bond motifs is 1. The third-order valence-electron chi connectivity index (χ3n) is 30.6. The molecular formula is C116H200F2NO20S2+. The van der Waals surface area contributed by atoms with Crippen molar-refractivity contribution in [3.8, 4) is 0 Å². The van der Waals surface area contributed by atoms with Gasteiger partial charge in [0.05, 0.1) is 80.2 Å². The van der Waals surface area contributed by atoms with Crippen molar-refractivity contribution in [3.63, 3.8) is 0 Å². The zero-order valence-corrected chi connectivity index (χ0v) is 82.5. The Labute approximate surface area is 859 Å². The first-order valence-corrected chi connectivity index (χ1v) is 50.4. The highest BCUT2D eigenvalue weighted by Crippen LogP contribution is 2.64. The summed E-state index contributed by atoms with van der Waals surface area (Å²) in [6, 6.07) is 38.1. The maximum atomic E-state index is 13.3. The minimum absolute atomic E-state index is 0. The standard InChI is InChI=1S/C19H32O2.C18H15S.C16H26O4.C14H19F2NO4S.C14H20O4.C13H24O2.C10H16O4.12CH4/c1-6-18(4,5)17(20)21-19(12(2)3)15-8-13-7-14(10-15)11-16(19)9-13;1-4-10-16(11-5-1)19(17-12-6-2-7-13-17)18-14-8-3-9-15-18;1-4-13(2,3)12(17)20-16-7-11-5-14(18,9-16)8-15(19,6-11)10-16;1-4-10(2)11-5-7-12(8-6-11)22(19,20)17-9-14(15,16)13(18)21-3;1-4-14(2,3)13(16)18-10-7-5-8-9(6-7)12(15)17-11(8)10;1-5-12(3,4)11(14)15-13(6-2)9-7-8-10-13;1-4-10(2,3)9(12)14-7-5-6-13-8(7)11;;;;;;;;;;;;/h12-16H,6-11H2,1-5H3;1-15H;11,18-19H,4-10H2,1-3H3;5-8,10,17H,4,9H2,1-3H3;7-11H,4-6H2,1-3H3;5-10H2,1-4H3;7H,4-6H2,1-3H3;12*1H4/q;+1;;;;;;;;;;;;;;;;;. The number of halogens is 2. The molecule has 17 rings (SSSR count). The molecule has 25 heteroatoms. The summed E-state index contributed by atoms with van der Waals surface area (Å²) >= 11 is 0. The number of cyclic esters (lactones) is 1. The van der Waals surface area contributed by atoms with Gasteiger partial charge in [-0.2, -0.15) is 8.78 Å². The van der Waals surface area contributed by atoms with E-state index in [-0.39, 0.29) is 193 Å². The monoisotopic (exact) mass is 2030 g/mol. The number of ether oxygens (including phenoxy) is 8. The number of aliphatic hydroxyl groups is 2. The molecule has 3 N–H and O–H groups in total. The Morgan fingerprint density at radius 1 is 0.496 bits per heavy atom. The van der Waals surface area contributed by atoms with E-state index < -0.39 is 73.6 Å². The van der Waals surface area contributed by atoms with Crippen molar-refractivity contribution in [2.24, 2.45) is 80.3 Å². The fourth-order valence-electron chi connectivity index (χ4n) is 20.7. The summed E-state index contributed by atoms with van der Waals surface area (Å²) in [7, 11) is -3.33. The van der Waals surface area contributed by atoms with Gasteiger partial charge < -0.3 is 48.1 Å². The van der Waals surface area contributed by atoms with Crippen LogP contribution in [0.4, 0.5) is 8.78 Å². The second-order valence-electron chi connectivity index (χ2n) is 42.3. The molecule has 9 unspecified atom stereocenters. The van der Waals surface area contributed by atoms with Crippen LogP contribution in [0.2, 0.25) is 0 Å². The first-order valence-electron chi connectivity index (χ1n) is 47.7. The molecule has 13 aliphatic rings. The lowest BCUT2D eigenvalue weighted by molar-refractivity contribution is -0.264. The van der Waals surface area contributed by atoms with Crippen molar-refractivity contribution >= 4 is 68.7 Å². The van der Waals surface area contributed by atoms with E-state index in [0.29, 0.717) is 68.3 Å². The lowest BCUT2D eigenvalue weighted by Crippen LogP contribution is -2.67. The Balaban J connectivity index is -0.000000769. The van der Waals surface area contributed by atoms with Crippen LogP contribution >= 0.6 is 0 Å². The molecule has 0 radical (unpaired) electrons. The van der Waals surface area contributed by atoms with E-state index in [1.54, 1.807) is 30.7 Å². The van der Waals surface area contributed by atoms with Crippen LogP contribution in [-0.4, -0.2) is 139 Å². The molecule has 0 spiro atoms. The molecule has 9 atom stereocenters. The van der Waals surface area contributed by atoms with Gasteiger partial charge in [0, 0.05) is 37.5 Å². The van der Waals surface area contributed by atoms with Gasteiger partial charge in [-0.05, 0) is 300 Å². The van der Waals surface area contributed by atoms with Gasteiger partial charge in [-0.1, -0.05) is 225 Å². The average Bonchev–Trinajstić information content (AvgIpc) is 1.64. The average molecular weight is 2030 g/mol. The third-order valence-corrected chi connectivity index (χ3v) is 34.2. The number of carbonyl (C=O) groups is 8. The maximum Gasteiger partial charge on any atom is 0.378 e. The number of methoxy groups -OCH3 is 1. The number of hydrogen-bond acceptors (Lipinski definition) is 20. The number of nitrogens with one attached hydrogen (secondary N) is 1. The number of rotatable bonds is 27. The number of alkyl halides is 2. The summed E-state index contributed by atoms with van der Waals surface area (Å²) in [5.41, 5.74) is -3.84. The summed E-state index contributed by atoms with van der Waals surface area (Å²) in [6.45, 7) is 38.8. The van der Waals surface area contributed by atoms with Crippen LogP contribution < -0.4 is 4.72 Å². The Morgan fingerprint density at radius 3 is 1.28 bits per heavy atom. The van der Waals surface area contributed by atoms with E-state index >= 15 is 0 Å². The van der Waals surface area contributed by atoms with E-state index in [0.717, 1.165) is 108 Å². The zero-order chi connectivity index (χ0) is 95.5. The SMILES string of the molecule is C.C.C.C.C.C.C.C.C.C.C.C.CCC(C)(C)C(=O)OC1(C(C)C)C2CC3CC(C2)CC1C3.CCC(C)(C)C(=O)OC12CC3CC(O)(CC(O)(C3)C1)C2.CCC(C)(C)C(=O)OC1C2CC3C(=O)OC1C3C2.CCC(C)(C)C(=O)OC1CCOC1=O.CCC(C)c1ccc(S(=O)(=O)NCC(F)(F)C(=O)OC)cc1.CCC1(OC(=O)C(C)(C)CC)CCCC1.c1ccc([S+](c2ccccc2)c2ccccc2)cc1. The molecule has 13 fully saturated rings. The molecule has 0 aromatic heterocycles. The predicted molar refractivity (Wildman–Crippen MR) is 573 cm³/mol. The fraction of sp³-hybridized carbons (Fsp3) is 0.724. The van der Waals surface area contributed by atoms with Crippen LogP contribution in [0.25, 0.3) is 0 Å². The molecular weight excluding hydrogens is 1830 g/mol. The van der Waals surface area contributed by atoms with E-state index in [4.69, 9.17) is 33.2 Å². The van der Waals surface area contributed by atoms with Crippen molar-refractivity contribution < 1.29 is 104 Å². The highest BCUT2D eigenvalue weighted by atomic mass is 32.2. The van der Waals surface area contributed by atoms with Crippen LogP contribution in [0, 0.1) is 80.3 Å². The molecule has 11 aliphatic carbocycles. The number of carbonyl (C=O) groups excluding carboxylic acids is 8. The highest BCUT2D eigenvalue weighted by molar-refractivity contribution is 7.97. The number of esters is 8. The van der Waals surface area contributed by atoms with E-state index in [1.807, 2.05) is 96.9 Å². The Bertz CT molecular complexity index is 4410. The maximum absolute atomic E-state index is 13.3.